The van der Waals surface area contributed by atoms with Gasteiger partial charge in [-0.3, -0.25) is 4.79 Å². The van der Waals surface area contributed by atoms with Crippen molar-refractivity contribution in [1.29, 1.82) is 0 Å². The number of aromatic nitrogens is 1. The van der Waals surface area contributed by atoms with Gasteiger partial charge in [0.25, 0.3) is 5.91 Å². The Balaban J connectivity index is 1.58. The normalized spacial score (nSPS) is 16.9. The summed E-state index contributed by atoms with van der Waals surface area (Å²) in [5, 5.41) is 9.61. The largest absolute Gasteiger partial charge is 0.351 e. The maximum absolute atomic E-state index is 11.5. The van der Waals surface area contributed by atoms with Crippen molar-refractivity contribution in [2.45, 2.75) is 6.42 Å². The molecule has 0 unspecified atom stereocenters. The van der Waals surface area contributed by atoms with E-state index in [0.29, 0.717) is 6.54 Å². The van der Waals surface area contributed by atoms with E-state index in [-0.39, 0.29) is 11.7 Å². The molecule has 2 heterocycles. The summed E-state index contributed by atoms with van der Waals surface area (Å²) >= 11 is 0. The molecule has 1 aliphatic heterocycles. The molecule has 1 fully saturated rings. The Morgan fingerprint density at radius 3 is 3.06 bits per heavy atom. The number of carbonyl (C=O) groups excluding carboxylic acids is 1. The highest BCUT2D eigenvalue weighted by atomic mass is 16.5. The number of hydrogen-bond donors (Lipinski definition) is 2. The summed E-state index contributed by atoms with van der Waals surface area (Å²) in [5.74, 6) is 0.0787. The second-order valence-corrected chi connectivity index (χ2v) is 4.08. The molecule has 1 aliphatic rings. The fraction of sp³-hybridized carbons (Fsp3) is 0.636. The molecule has 1 amide bonds. The van der Waals surface area contributed by atoms with Crippen molar-refractivity contribution in [2.75, 3.05) is 39.3 Å². The van der Waals surface area contributed by atoms with Gasteiger partial charge in [-0.25, -0.2) is 0 Å². The van der Waals surface area contributed by atoms with Crippen molar-refractivity contribution in [3.63, 3.8) is 0 Å². The maximum atomic E-state index is 11.5. The van der Waals surface area contributed by atoms with Crippen LogP contribution in [0.3, 0.4) is 0 Å². The first-order chi connectivity index (χ1) is 8.36. The van der Waals surface area contributed by atoms with Crippen LogP contribution in [-0.4, -0.2) is 55.2 Å². The van der Waals surface area contributed by atoms with Crippen LogP contribution in [0.2, 0.25) is 0 Å². The molecule has 1 aromatic rings. The fourth-order valence-corrected chi connectivity index (χ4v) is 1.86. The topological polar surface area (TPSA) is 70.4 Å². The monoisotopic (exact) mass is 238 g/mol. The lowest BCUT2D eigenvalue weighted by Crippen LogP contribution is -2.44. The van der Waals surface area contributed by atoms with Crippen molar-refractivity contribution in [3.05, 3.63) is 18.0 Å². The van der Waals surface area contributed by atoms with E-state index < -0.39 is 0 Å². The Morgan fingerprint density at radius 1 is 1.53 bits per heavy atom. The minimum Gasteiger partial charge on any atom is -0.351 e. The van der Waals surface area contributed by atoms with Crippen LogP contribution in [0.15, 0.2) is 16.8 Å². The lowest BCUT2D eigenvalue weighted by Gasteiger charge is -2.26. The summed E-state index contributed by atoms with van der Waals surface area (Å²) in [6.45, 7) is 6.00. The Bertz CT molecular complexity index is 333. The molecule has 0 atom stereocenters. The number of piperazine rings is 1. The molecule has 2 rings (SSSR count). The summed E-state index contributed by atoms with van der Waals surface area (Å²) in [4.78, 5) is 13.9. The van der Waals surface area contributed by atoms with Crippen molar-refractivity contribution in [1.82, 2.24) is 20.7 Å². The quantitative estimate of drug-likeness (QED) is 0.689. The van der Waals surface area contributed by atoms with Gasteiger partial charge >= 0.3 is 0 Å². The smallest absolute Gasteiger partial charge is 0.289 e. The van der Waals surface area contributed by atoms with E-state index in [1.54, 1.807) is 6.07 Å². The van der Waals surface area contributed by atoms with Crippen molar-refractivity contribution >= 4 is 5.91 Å². The van der Waals surface area contributed by atoms with E-state index >= 15 is 0 Å². The maximum Gasteiger partial charge on any atom is 0.289 e. The predicted octanol–water partition coefficient (Wildman–Crippen LogP) is -0.300. The third-order valence-electron chi connectivity index (χ3n) is 2.81. The lowest BCUT2D eigenvalue weighted by molar-refractivity contribution is 0.0914. The summed E-state index contributed by atoms with van der Waals surface area (Å²) < 4.78 is 4.76. The minimum absolute atomic E-state index is 0.192. The Kier molecular flexibility index (Phi) is 4.52. The molecule has 0 saturated carbocycles. The van der Waals surface area contributed by atoms with Crippen LogP contribution in [0.5, 0.6) is 0 Å². The highest BCUT2D eigenvalue weighted by molar-refractivity contribution is 5.91. The van der Waals surface area contributed by atoms with Gasteiger partial charge in [-0.15, -0.1) is 0 Å². The van der Waals surface area contributed by atoms with E-state index in [1.807, 2.05) is 0 Å². The third-order valence-corrected chi connectivity index (χ3v) is 2.81. The molecule has 0 spiro atoms. The standard InChI is InChI=1S/C11H18N4O2/c16-11(10-2-4-14-17-10)13-3-1-7-15-8-5-12-6-9-15/h2,4,12H,1,3,5-9H2,(H,13,16). The van der Waals surface area contributed by atoms with E-state index in [4.69, 9.17) is 4.52 Å². The summed E-state index contributed by atoms with van der Waals surface area (Å²) in [5.41, 5.74) is 0. The van der Waals surface area contributed by atoms with Gasteiger partial charge in [0, 0.05) is 38.8 Å². The SMILES string of the molecule is O=C(NCCCN1CCNCC1)c1ccno1. The molecule has 0 radical (unpaired) electrons. The third kappa shape index (κ3) is 3.83. The first-order valence-corrected chi connectivity index (χ1v) is 5.98. The first-order valence-electron chi connectivity index (χ1n) is 5.98. The van der Waals surface area contributed by atoms with E-state index in [1.165, 1.54) is 6.20 Å². The van der Waals surface area contributed by atoms with Crippen molar-refractivity contribution in [2.24, 2.45) is 0 Å². The minimum atomic E-state index is -0.192. The van der Waals surface area contributed by atoms with Crippen LogP contribution in [0.4, 0.5) is 0 Å². The Morgan fingerprint density at radius 2 is 2.35 bits per heavy atom. The van der Waals surface area contributed by atoms with E-state index in [2.05, 4.69) is 20.7 Å². The molecule has 1 aromatic heterocycles. The van der Waals surface area contributed by atoms with Crippen LogP contribution < -0.4 is 10.6 Å². The highest BCUT2D eigenvalue weighted by Gasteiger charge is 2.10. The molecular weight excluding hydrogens is 220 g/mol. The number of amides is 1. The summed E-state index contributed by atoms with van der Waals surface area (Å²) in [6.07, 6.45) is 2.43. The van der Waals surface area contributed by atoms with Crippen molar-refractivity contribution in [3.8, 4) is 0 Å². The molecule has 17 heavy (non-hydrogen) atoms. The van der Waals surface area contributed by atoms with Crippen molar-refractivity contribution < 1.29 is 9.32 Å². The van der Waals surface area contributed by atoms with Crippen LogP contribution >= 0.6 is 0 Å². The van der Waals surface area contributed by atoms with Crippen LogP contribution in [-0.2, 0) is 0 Å². The average Bonchev–Trinajstić information content (AvgIpc) is 2.89. The second kappa shape index (κ2) is 6.36. The molecular formula is C11H18N4O2. The zero-order chi connectivity index (χ0) is 11.9. The molecule has 94 valence electrons. The zero-order valence-corrected chi connectivity index (χ0v) is 9.82. The first kappa shape index (κ1) is 12.1. The Hall–Kier alpha value is -1.40. The summed E-state index contributed by atoms with van der Waals surface area (Å²) in [7, 11) is 0. The van der Waals surface area contributed by atoms with Crippen LogP contribution in [0.1, 0.15) is 17.0 Å². The predicted molar refractivity (Wildman–Crippen MR) is 62.8 cm³/mol. The lowest BCUT2D eigenvalue weighted by atomic mass is 10.3. The molecule has 0 aliphatic carbocycles. The Labute approximate surface area is 100 Å². The zero-order valence-electron chi connectivity index (χ0n) is 9.82. The van der Waals surface area contributed by atoms with Gasteiger partial charge in [0.05, 0.1) is 6.20 Å². The van der Waals surface area contributed by atoms with Gasteiger partial charge in [0.15, 0.2) is 0 Å². The molecule has 1 saturated heterocycles. The molecule has 6 nitrogen and oxygen atoms in total. The van der Waals surface area contributed by atoms with Gasteiger partial charge in [-0.05, 0) is 13.0 Å². The molecule has 6 heteroatoms. The number of hydrogen-bond acceptors (Lipinski definition) is 5. The fourth-order valence-electron chi connectivity index (χ4n) is 1.86. The van der Waals surface area contributed by atoms with Gasteiger partial charge in [-0.1, -0.05) is 5.16 Å². The van der Waals surface area contributed by atoms with Crippen LogP contribution in [0.25, 0.3) is 0 Å². The number of nitrogens with zero attached hydrogens (tertiary/aromatic N) is 2. The van der Waals surface area contributed by atoms with E-state index in [0.717, 1.165) is 39.1 Å². The average molecular weight is 238 g/mol. The second-order valence-electron chi connectivity index (χ2n) is 4.08. The number of carbonyl (C=O) groups is 1. The number of rotatable bonds is 5. The molecule has 2 N–H and O–H groups in total. The highest BCUT2D eigenvalue weighted by Crippen LogP contribution is 1.97. The van der Waals surface area contributed by atoms with Crippen LogP contribution in [0, 0.1) is 0 Å². The van der Waals surface area contributed by atoms with Gasteiger partial charge in [0.2, 0.25) is 5.76 Å². The summed E-state index contributed by atoms with van der Waals surface area (Å²) in [6, 6.07) is 1.56. The van der Waals surface area contributed by atoms with Gasteiger partial charge < -0.3 is 20.1 Å². The van der Waals surface area contributed by atoms with Gasteiger partial charge in [-0.2, -0.15) is 0 Å². The number of nitrogens with one attached hydrogen (secondary N) is 2. The molecule has 0 aromatic carbocycles. The van der Waals surface area contributed by atoms with E-state index in [9.17, 15) is 4.79 Å². The van der Waals surface area contributed by atoms with Gasteiger partial charge in [0.1, 0.15) is 0 Å². The molecule has 0 bridgehead atoms.